The highest BCUT2D eigenvalue weighted by atomic mass is 32.2. The lowest BCUT2D eigenvalue weighted by molar-refractivity contribution is 0.421. The molecule has 0 spiro atoms. The van der Waals surface area contributed by atoms with Gasteiger partial charge in [0.05, 0.1) is 5.56 Å². The zero-order chi connectivity index (χ0) is 16.0. The van der Waals surface area contributed by atoms with Crippen LogP contribution in [0, 0.1) is 20.8 Å². The van der Waals surface area contributed by atoms with Crippen LogP contribution in [-0.4, -0.2) is 10.9 Å². The zero-order valence-corrected chi connectivity index (χ0v) is 13.7. The van der Waals surface area contributed by atoms with Crippen LogP contribution in [0.3, 0.4) is 0 Å². The summed E-state index contributed by atoms with van der Waals surface area (Å²) in [6.07, 6.45) is 0. The zero-order valence-electron chi connectivity index (χ0n) is 12.9. The van der Waals surface area contributed by atoms with Crippen LogP contribution >= 0.6 is 11.8 Å². The molecule has 0 bridgehead atoms. The molecule has 0 fully saturated rings. The molecule has 114 valence electrons. The number of benzene rings is 1. The van der Waals surface area contributed by atoms with Gasteiger partial charge in [-0.25, -0.2) is 0 Å². The SMILES string of the molecule is C=C1c2c(oc(C)cc2=O)SCC1c1ccc(C)c(C)c1O. The van der Waals surface area contributed by atoms with Crippen LogP contribution in [0.15, 0.2) is 39.1 Å². The van der Waals surface area contributed by atoms with E-state index >= 15 is 0 Å². The Hall–Kier alpha value is -1.94. The maximum Gasteiger partial charge on any atom is 0.193 e. The van der Waals surface area contributed by atoms with Crippen molar-refractivity contribution in [3.8, 4) is 5.75 Å². The standard InChI is InChI=1S/C18H18O3S/c1-9-5-6-13(17(20)11(9)3)14-8-22-18-16(12(14)4)15(19)7-10(2)21-18/h5-7,14,20H,4,8H2,1-3H3. The summed E-state index contributed by atoms with van der Waals surface area (Å²) in [5, 5.41) is 11.1. The lowest BCUT2D eigenvalue weighted by Crippen LogP contribution is -2.18. The third-order valence-electron chi connectivity index (χ3n) is 4.27. The van der Waals surface area contributed by atoms with E-state index in [9.17, 15) is 9.90 Å². The van der Waals surface area contributed by atoms with E-state index in [4.69, 9.17) is 4.42 Å². The third kappa shape index (κ3) is 2.28. The summed E-state index contributed by atoms with van der Waals surface area (Å²) in [4.78, 5) is 12.3. The first-order valence-electron chi connectivity index (χ1n) is 7.16. The molecule has 22 heavy (non-hydrogen) atoms. The highest BCUT2D eigenvalue weighted by Crippen LogP contribution is 2.46. The second-order valence-corrected chi connectivity index (χ2v) is 6.71. The first-order valence-corrected chi connectivity index (χ1v) is 8.14. The number of hydrogen-bond acceptors (Lipinski definition) is 4. The number of allylic oxidation sites excluding steroid dienone is 1. The lowest BCUT2D eigenvalue weighted by atomic mass is 9.87. The van der Waals surface area contributed by atoms with Gasteiger partial charge in [0.2, 0.25) is 0 Å². The first-order chi connectivity index (χ1) is 10.4. The van der Waals surface area contributed by atoms with Gasteiger partial charge >= 0.3 is 0 Å². The van der Waals surface area contributed by atoms with Crippen molar-refractivity contribution in [1.29, 1.82) is 0 Å². The van der Waals surface area contributed by atoms with Gasteiger partial charge in [-0.1, -0.05) is 30.5 Å². The van der Waals surface area contributed by atoms with Gasteiger partial charge in [-0.3, -0.25) is 4.79 Å². The Morgan fingerprint density at radius 2 is 2.05 bits per heavy atom. The third-order valence-corrected chi connectivity index (χ3v) is 5.32. The Morgan fingerprint density at radius 1 is 1.32 bits per heavy atom. The normalized spacial score (nSPS) is 17.4. The molecule has 1 aliphatic rings. The van der Waals surface area contributed by atoms with E-state index in [1.54, 1.807) is 6.92 Å². The smallest absolute Gasteiger partial charge is 0.193 e. The number of thioether (sulfide) groups is 1. The highest BCUT2D eigenvalue weighted by Gasteiger charge is 2.30. The number of aromatic hydroxyl groups is 1. The molecule has 0 amide bonds. The van der Waals surface area contributed by atoms with E-state index in [-0.39, 0.29) is 11.3 Å². The molecule has 1 unspecified atom stereocenters. The largest absolute Gasteiger partial charge is 0.507 e. The van der Waals surface area contributed by atoms with Crippen molar-refractivity contribution >= 4 is 17.3 Å². The maximum atomic E-state index is 12.3. The van der Waals surface area contributed by atoms with Gasteiger partial charge in [-0.15, -0.1) is 0 Å². The van der Waals surface area contributed by atoms with Crippen molar-refractivity contribution in [3.05, 3.63) is 63.0 Å². The summed E-state index contributed by atoms with van der Waals surface area (Å²) in [5.74, 6) is 1.53. The molecular formula is C18H18O3S. The van der Waals surface area contributed by atoms with Crippen LogP contribution in [0.25, 0.3) is 5.57 Å². The number of hydrogen-bond donors (Lipinski definition) is 1. The molecule has 3 rings (SSSR count). The molecule has 0 radical (unpaired) electrons. The summed E-state index contributed by atoms with van der Waals surface area (Å²) >= 11 is 1.50. The molecule has 1 atom stereocenters. The van der Waals surface area contributed by atoms with Crippen molar-refractivity contribution in [2.75, 3.05) is 5.75 Å². The van der Waals surface area contributed by atoms with Crippen LogP contribution in [0.2, 0.25) is 0 Å². The van der Waals surface area contributed by atoms with Gasteiger partial charge in [-0.05, 0) is 37.5 Å². The molecule has 2 aromatic rings. The van der Waals surface area contributed by atoms with Crippen molar-refractivity contribution in [2.45, 2.75) is 31.8 Å². The minimum atomic E-state index is -0.0811. The van der Waals surface area contributed by atoms with Crippen molar-refractivity contribution in [2.24, 2.45) is 0 Å². The predicted molar refractivity (Wildman–Crippen MR) is 89.8 cm³/mol. The second kappa shape index (κ2) is 5.36. The number of aryl methyl sites for hydroxylation is 2. The molecule has 0 saturated heterocycles. The fourth-order valence-corrected chi connectivity index (χ4v) is 4.05. The molecule has 4 heteroatoms. The molecular weight excluding hydrogens is 296 g/mol. The average molecular weight is 314 g/mol. The lowest BCUT2D eigenvalue weighted by Gasteiger charge is -2.26. The number of fused-ring (bicyclic) bond motifs is 1. The summed E-state index contributed by atoms with van der Waals surface area (Å²) in [7, 11) is 0. The van der Waals surface area contributed by atoms with Crippen LogP contribution in [0.4, 0.5) is 0 Å². The summed E-state index contributed by atoms with van der Waals surface area (Å²) < 4.78 is 5.65. The molecule has 0 saturated carbocycles. The summed E-state index contributed by atoms with van der Waals surface area (Å²) in [6.45, 7) is 9.75. The van der Waals surface area contributed by atoms with Gasteiger partial charge in [0, 0.05) is 23.3 Å². The Balaban J connectivity index is 2.11. The summed E-state index contributed by atoms with van der Waals surface area (Å²) in [6, 6.07) is 5.41. The quantitative estimate of drug-likeness (QED) is 0.858. The van der Waals surface area contributed by atoms with E-state index < -0.39 is 0 Å². The molecule has 0 aliphatic carbocycles. The topological polar surface area (TPSA) is 50.4 Å². The second-order valence-electron chi connectivity index (χ2n) is 5.72. The first kappa shape index (κ1) is 15.0. The van der Waals surface area contributed by atoms with E-state index in [1.165, 1.54) is 17.8 Å². The molecule has 1 aliphatic heterocycles. The molecule has 1 aromatic heterocycles. The fraction of sp³-hybridized carbons (Fsp3) is 0.278. The van der Waals surface area contributed by atoms with Crippen LogP contribution in [0.5, 0.6) is 5.75 Å². The minimum absolute atomic E-state index is 0.0655. The van der Waals surface area contributed by atoms with Crippen LogP contribution in [0.1, 0.15) is 33.9 Å². The molecule has 2 heterocycles. The van der Waals surface area contributed by atoms with Crippen molar-refractivity contribution in [1.82, 2.24) is 0 Å². The van der Waals surface area contributed by atoms with E-state index in [2.05, 4.69) is 6.58 Å². The Bertz CT molecular complexity index is 833. The highest BCUT2D eigenvalue weighted by molar-refractivity contribution is 7.99. The van der Waals surface area contributed by atoms with E-state index in [0.29, 0.717) is 27.9 Å². The van der Waals surface area contributed by atoms with Gasteiger partial charge in [-0.2, -0.15) is 0 Å². The van der Waals surface area contributed by atoms with Crippen molar-refractivity contribution < 1.29 is 9.52 Å². The predicted octanol–water partition coefficient (Wildman–Crippen LogP) is 4.17. The average Bonchev–Trinajstić information content (AvgIpc) is 2.45. The van der Waals surface area contributed by atoms with Gasteiger partial charge in [0.1, 0.15) is 11.5 Å². The Kier molecular flexibility index (Phi) is 3.65. The van der Waals surface area contributed by atoms with Crippen LogP contribution in [-0.2, 0) is 0 Å². The fourth-order valence-electron chi connectivity index (χ4n) is 2.79. The van der Waals surface area contributed by atoms with E-state index in [1.807, 2.05) is 26.0 Å². The van der Waals surface area contributed by atoms with Gasteiger partial charge in [0.25, 0.3) is 0 Å². The van der Waals surface area contributed by atoms with E-state index in [0.717, 1.165) is 22.3 Å². The number of rotatable bonds is 1. The number of phenols is 1. The van der Waals surface area contributed by atoms with Gasteiger partial charge < -0.3 is 9.52 Å². The molecule has 1 aromatic carbocycles. The number of phenolic OH excluding ortho intramolecular Hbond substituents is 1. The summed E-state index contributed by atoms with van der Waals surface area (Å²) in [5.41, 5.74) is 3.95. The Labute approximate surface area is 133 Å². The molecule has 3 nitrogen and oxygen atoms in total. The molecule has 1 N–H and O–H groups in total. The van der Waals surface area contributed by atoms with Crippen molar-refractivity contribution in [3.63, 3.8) is 0 Å². The van der Waals surface area contributed by atoms with Crippen LogP contribution < -0.4 is 5.43 Å². The maximum absolute atomic E-state index is 12.3. The Morgan fingerprint density at radius 3 is 2.77 bits per heavy atom. The minimum Gasteiger partial charge on any atom is -0.507 e. The monoisotopic (exact) mass is 314 g/mol. The van der Waals surface area contributed by atoms with Gasteiger partial charge in [0.15, 0.2) is 10.5 Å².